The molecule has 0 unspecified atom stereocenters. The largest absolute Gasteiger partial charge is 0.452 e. The third-order valence-corrected chi connectivity index (χ3v) is 5.10. The summed E-state index contributed by atoms with van der Waals surface area (Å²) < 4.78 is 5.14. The van der Waals surface area contributed by atoms with Crippen LogP contribution in [0.4, 0.5) is 0 Å². The number of nitrogens with zero attached hydrogens (tertiary/aromatic N) is 2. The summed E-state index contributed by atoms with van der Waals surface area (Å²) in [5, 5.41) is 0. The van der Waals surface area contributed by atoms with E-state index in [9.17, 15) is 19.2 Å². The number of carbonyl (C=O) groups is 4. The van der Waals surface area contributed by atoms with Gasteiger partial charge in [0.1, 0.15) is 0 Å². The third kappa shape index (κ3) is 4.00. The summed E-state index contributed by atoms with van der Waals surface area (Å²) in [5.41, 5.74) is 1.43. The molecule has 0 N–H and O–H groups in total. The van der Waals surface area contributed by atoms with Crippen molar-refractivity contribution in [2.24, 2.45) is 0 Å². The second-order valence-corrected chi connectivity index (χ2v) is 6.94. The van der Waals surface area contributed by atoms with Gasteiger partial charge in [-0.1, -0.05) is 36.4 Å². The predicted molar refractivity (Wildman–Crippen MR) is 110 cm³/mol. The van der Waals surface area contributed by atoms with Gasteiger partial charge in [-0.15, -0.1) is 6.58 Å². The van der Waals surface area contributed by atoms with Crippen LogP contribution in [-0.2, 0) is 9.53 Å². The fourth-order valence-corrected chi connectivity index (χ4v) is 3.20. The van der Waals surface area contributed by atoms with E-state index in [0.717, 1.165) is 10.5 Å². The molecule has 1 atom stereocenters. The Morgan fingerprint density at radius 1 is 1.10 bits per heavy atom. The number of hydrogen-bond donors (Lipinski definition) is 0. The molecule has 0 aromatic heterocycles. The minimum atomic E-state index is -0.741. The molecule has 30 heavy (non-hydrogen) atoms. The van der Waals surface area contributed by atoms with Crippen LogP contribution in [0.1, 0.15) is 49.6 Å². The Bertz CT molecular complexity index is 1020. The van der Waals surface area contributed by atoms with Crippen molar-refractivity contribution in [2.75, 3.05) is 20.2 Å². The van der Waals surface area contributed by atoms with Crippen LogP contribution in [0.15, 0.2) is 61.2 Å². The van der Waals surface area contributed by atoms with Gasteiger partial charge >= 0.3 is 5.97 Å². The number of esters is 1. The molecule has 0 spiro atoms. The van der Waals surface area contributed by atoms with E-state index in [-0.39, 0.29) is 35.2 Å². The van der Waals surface area contributed by atoms with E-state index in [0.29, 0.717) is 0 Å². The average molecular weight is 406 g/mol. The molecule has 3 amide bonds. The Kier molecular flexibility index (Phi) is 6.11. The van der Waals surface area contributed by atoms with E-state index in [1.54, 1.807) is 7.05 Å². The lowest BCUT2D eigenvalue weighted by atomic mass is 10.1. The van der Waals surface area contributed by atoms with Gasteiger partial charge in [0.15, 0.2) is 6.61 Å². The maximum Gasteiger partial charge on any atom is 0.338 e. The highest BCUT2D eigenvalue weighted by atomic mass is 16.5. The van der Waals surface area contributed by atoms with Gasteiger partial charge in [-0.25, -0.2) is 4.79 Å². The Balaban J connectivity index is 1.65. The van der Waals surface area contributed by atoms with Gasteiger partial charge in [-0.05, 0) is 30.7 Å². The minimum absolute atomic E-state index is 0.0898. The molecule has 1 aliphatic heterocycles. The van der Waals surface area contributed by atoms with Crippen LogP contribution in [0.25, 0.3) is 0 Å². The van der Waals surface area contributed by atoms with Gasteiger partial charge in [-0.3, -0.25) is 19.3 Å². The Hall–Kier alpha value is -3.74. The molecule has 2 aromatic rings. The van der Waals surface area contributed by atoms with Gasteiger partial charge < -0.3 is 9.64 Å². The monoisotopic (exact) mass is 406 g/mol. The summed E-state index contributed by atoms with van der Waals surface area (Å²) in [4.78, 5) is 52.0. The van der Waals surface area contributed by atoms with Crippen molar-refractivity contribution in [3.8, 4) is 0 Å². The number of amides is 3. The standard InChI is InChI=1S/C23H22N2O5/c1-4-12-25-21(27)18-11-10-17(13-19(18)22(25)28)23(29)30-14-20(26)24(3)15(2)16-8-6-5-7-9-16/h4-11,13,15H,1,12,14H2,2-3H3/t15-/m0/s1. The zero-order valence-corrected chi connectivity index (χ0v) is 16.8. The Morgan fingerprint density at radius 3 is 2.43 bits per heavy atom. The first kappa shape index (κ1) is 21.0. The molecule has 0 saturated heterocycles. The van der Waals surface area contributed by atoms with E-state index in [1.807, 2.05) is 37.3 Å². The number of carbonyl (C=O) groups excluding carboxylic acids is 4. The van der Waals surface area contributed by atoms with Gasteiger partial charge in [0.25, 0.3) is 17.7 Å². The molecule has 1 heterocycles. The van der Waals surface area contributed by atoms with Crippen molar-refractivity contribution in [1.29, 1.82) is 0 Å². The van der Waals surface area contributed by atoms with Crippen LogP contribution >= 0.6 is 0 Å². The van der Waals surface area contributed by atoms with Gasteiger partial charge in [0, 0.05) is 13.6 Å². The van der Waals surface area contributed by atoms with E-state index < -0.39 is 24.4 Å². The molecule has 2 aromatic carbocycles. The average Bonchev–Trinajstić information content (AvgIpc) is 3.01. The normalized spacial score (nSPS) is 13.6. The zero-order valence-electron chi connectivity index (χ0n) is 16.8. The molecule has 1 aliphatic rings. The topological polar surface area (TPSA) is 84.0 Å². The van der Waals surface area contributed by atoms with Crippen molar-refractivity contribution < 1.29 is 23.9 Å². The first-order chi connectivity index (χ1) is 14.3. The molecule has 3 rings (SSSR count). The van der Waals surface area contributed by atoms with E-state index in [1.165, 1.54) is 29.2 Å². The molecule has 0 radical (unpaired) electrons. The second-order valence-electron chi connectivity index (χ2n) is 6.94. The van der Waals surface area contributed by atoms with Crippen molar-refractivity contribution in [2.45, 2.75) is 13.0 Å². The number of likely N-dealkylation sites (N-methyl/N-ethyl adjacent to an activating group) is 1. The summed E-state index contributed by atoms with van der Waals surface area (Å²) in [6.07, 6.45) is 1.45. The fourth-order valence-electron chi connectivity index (χ4n) is 3.20. The number of hydrogen-bond acceptors (Lipinski definition) is 5. The molecule has 7 heteroatoms. The van der Waals surface area contributed by atoms with Crippen molar-refractivity contribution in [3.63, 3.8) is 0 Å². The summed E-state index contributed by atoms with van der Waals surface area (Å²) in [7, 11) is 1.64. The first-order valence-corrected chi connectivity index (χ1v) is 9.44. The second kappa shape index (κ2) is 8.73. The van der Waals surface area contributed by atoms with E-state index in [4.69, 9.17) is 4.74 Å². The number of rotatable bonds is 7. The quantitative estimate of drug-likeness (QED) is 0.401. The maximum atomic E-state index is 12.4. The molecular weight excluding hydrogens is 384 g/mol. The van der Waals surface area contributed by atoms with Gasteiger partial charge in [0.2, 0.25) is 0 Å². The first-order valence-electron chi connectivity index (χ1n) is 9.44. The van der Waals surface area contributed by atoms with Crippen molar-refractivity contribution in [1.82, 2.24) is 9.80 Å². The van der Waals surface area contributed by atoms with Crippen molar-refractivity contribution in [3.05, 3.63) is 83.4 Å². The molecule has 0 saturated carbocycles. The Labute approximate surface area is 174 Å². The van der Waals surface area contributed by atoms with Gasteiger partial charge in [0.05, 0.1) is 22.7 Å². The highest BCUT2D eigenvalue weighted by Crippen LogP contribution is 2.24. The molecule has 0 aliphatic carbocycles. The van der Waals surface area contributed by atoms with Crippen LogP contribution in [0.3, 0.4) is 0 Å². The molecule has 7 nitrogen and oxygen atoms in total. The summed E-state index contributed by atoms with van der Waals surface area (Å²) in [6.45, 7) is 5.07. The smallest absolute Gasteiger partial charge is 0.338 e. The minimum Gasteiger partial charge on any atom is -0.452 e. The summed E-state index contributed by atoms with van der Waals surface area (Å²) in [5.74, 6) is -2.02. The highest BCUT2D eigenvalue weighted by molar-refractivity contribution is 6.22. The van der Waals surface area contributed by atoms with E-state index in [2.05, 4.69) is 6.58 Å². The Morgan fingerprint density at radius 2 is 1.77 bits per heavy atom. The fraction of sp³-hybridized carbons (Fsp3) is 0.217. The van der Waals surface area contributed by atoms with Crippen LogP contribution in [0.2, 0.25) is 0 Å². The zero-order chi connectivity index (χ0) is 21.8. The molecular formula is C23H22N2O5. The van der Waals surface area contributed by atoms with Crippen LogP contribution < -0.4 is 0 Å². The predicted octanol–water partition coefficient (Wildman–Crippen LogP) is 2.85. The lowest BCUT2D eigenvalue weighted by Gasteiger charge is -2.25. The summed E-state index contributed by atoms with van der Waals surface area (Å²) in [6, 6.07) is 13.5. The number of imide groups is 1. The van der Waals surface area contributed by atoms with E-state index >= 15 is 0 Å². The van der Waals surface area contributed by atoms with Crippen molar-refractivity contribution >= 4 is 23.7 Å². The molecule has 0 fully saturated rings. The number of benzene rings is 2. The van der Waals surface area contributed by atoms with Gasteiger partial charge in [-0.2, -0.15) is 0 Å². The SMILES string of the molecule is C=CCN1C(=O)c2ccc(C(=O)OCC(=O)N(C)[C@@H](C)c3ccccc3)cc2C1=O. The van der Waals surface area contributed by atoms with Crippen LogP contribution in [0.5, 0.6) is 0 Å². The number of fused-ring (bicyclic) bond motifs is 1. The molecule has 0 bridgehead atoms. The van der Waals surface area contributed by atoms with Crippen LogP contribution in [-0.4, -0.2) is 53.7 Å². The molecule has 154 valence electrons. The third-order valence-electron chi connectivity index (χ3n) is 5.10. The lowest BCUT2D eigenvalue weighted by Crippen LogP contribution is -2.33. The van der Waals surface area contributed by atoms with Crippen LogP contribution in [0, 0.1) is 0 Å². The number of ether oxygens (including phenoxy) is 1. The summed E-state index contributed by atoms with van der Waals surface area (Å²) >= 11 is 0. The maximum absolute atomic E-state index is 12.4. The highest BCUT2D eigenvalue weighted by Gasteiger charge is 2.35. The lowest BCUT2D eigenvalue weighted by molar-refractivity contribution is -0.135.